The highest BCUT2D eigenvalue weighted by atomic mass is 16.4. The zero-order valence-corrected chi connectivity index (χ0v) is 7.71. The molecule has 4 heteroatoms. The smallest absolute Gasteiger partial charge is 0.309 e. The molecule has 0 aliphatic heterocycles. The molecule has 0 atom stereocenters. The number of amides is 1. The predicted molar refractivity (Wildman–Crippen MR) is 44.0 cm³/mol. The van der Waals surface area contributed by atoms with Gasteiger partial charge in [0.25, 0.3) is 5.89 Å². The maximum atomic E-state index is 11.3. The average molecular weight is 168 g/mol. The summed E-state index contributed by atoms with van der Waals surface area (Å²) in [6.45, 7) is 3.60. The van der Waals surface area contributed by atoms with Gasteiger partial charge in [-0.25, -0.2) is 4.98 Å². The molecule has 1 aromatic rings. The van der Waals surface area contributed by atoms with Crippen LogP contribution in [0, 0.1) is 13.8 Å². The lowest BCUT2D eigenvalue weighted by Crippen LogP contribution is -2.21. The van der Waals surface area contributed by atoms with E-state index < -0.39 is 0 Å². The number of carbonyl (C=O) groups excluding carboxylic acids is 1. The topological polar surface area (TPSA) is 46.3 Å². The van der Waals surface area contributed by atoms with Crippen LogP contribution in [0.1, 0.15) is 22.1 Å². The molecule has 12 heavy (non-hydrogen) atoms. The van der Waals surface area contributed by atoms with Gasteiger partial charge in [0.05, 0.1) is 5.69 Å². The zero-order chi connectivity index (χ0) is 9.30. The monoisotopic (exact) mass is 168 g/mol. The first-order valence-corrected chi connectivity index (χ1v) is 3.68. The number of hydrogen-bond acceptors (Lipinski definition) is 3. The number of carbonyl (C=O) groups is 1. The Bertz CT molecular complexity index is 283. The molecule has 0 N–H and O–H groups in total. The van der Waals surface area contributed by atoms with Gasteiger partial charge in [-0.1, -0.05) is 0 Å². The molecule has 66 valence electrons. The standard InChI is InChI=1S/C8H12N2O2/c1-5-6(2)12-7(9-5)8(11)10(3)4/h1-4H3. The van der Waals surface area contributed by atoms with E-state index in [9.17, 15) is 4.79 Å². The molecule has 0 fully saturated rings. The molecule has 0 spiro atoms. The summed E-state index contributed by atoms with van der Waals surface area (Å²) >= 11 is 0. The molecule has 0 aliphatic rings. The van der Waals surface area contributed by atoms with Crippen LogP contribution in [0.5, 0.6) is 0 Å². The summed E-state index contributed by atoms with van der Waals surface area (Å²) in [5, 5.41) is 0. The van der Waals surface area contributed by atoms with Crippen LogP contribution in [0.4, 0.5) is 0 Å². The van der Waals surface area contributed by atoms with Crippen LogP contribution < -0.4 is 0 Å². The van der Waals surface area contributed by atoms with Crippen molar-refractivity contribution in [2.24, 2.45) is 0 Å². The number of rotatable bonds is 1. The Morgan fingerprint density at radius 3 is 2.33 bits per heavy atom. The first-order valence-electron chi connectivity index (χ1n) is 3.68. The fourth-order valence-electron chi connectivity index (χ4n) is 0.755. The molecule has 0 saturated heterocycles. The number of nitrogens with zero attached hydrogens (tertiary/aromatic N) is 2. The Hall–Kier alpha value is -1.32. The largest absolute Gasteiger partial charge is 0.438 e. The Morgan fingerprint density at radius 2 is 2.00 bits per heavy atom. The van der Waals surface area contributed by atoms with E-state index in [1.54, 1.807) is 21.0 Å². The van der Waals surface area contributed by atoms with Crippen LogP contribution in [0.3, 0.4) is 0 Å². The lowest BCUT2D eigenvalue weighted by molar-refractivity contribution is 0.0787. The molecule has 1 aromatic heterocycles. The van der Waals surface area contributed by atoms with Crippen LogP contribution in [-0.2, 0) is 0 Å². The van der Waals surface area contributed by atoms with Gasteiger partial charge in [0, 0.05) is 14.1 Å². The summed E-state index contributed by atoms with van der Waals surface area (Å²) in [5.41, 5.74) is 0.764. The van der Waals surface area contributed by atoms with Crippen molar-refractivity contribution in [2.45, 2.75) is 13.8 Å². The van der Waals surface area contributed by atoms with Crippen LogP contribution in [0.25, 0.3) is 0 Å². The van der Waals surface area contributed by atoms with Gasteiger partial charge in [0.2, 0.25) is 0 Å². The SMILES string of the molecule is Cc1nc(C(=O)N(C)C)oc1C. The van der Waals surface area contributed by atoms with Gasteiger partial charge in [-0.3, -0.25) is 4.79 Å². The quantitative estimate of drug-likeness (QED) is 0.628. The molecule has 0 radical (unpaired) electrons. The van der Waals surface area contributed by atoms with Gasteiger partial charge >= 0.3 is 5.91 Å². The van der Waals surface area contributed by atoms with Crippen molar-refractivity contribution in [1.82, 2.24) is 9.88 Å². The third-order valence-electron chi connectivity index (χ3n) is 1.62. The van der Waals surface area contributed by atoms with Crippen LogP contribution in [-0.4, -0.2) is 29.9 Å². The third kappa shape index (κ3) is 1.47. The average Bonchev–Trinajstić information content (AvgIpc) is 2.30. The van der Waals surface area contributed by atoms with Crippen molar-refractivity contribution < 1.29 is 9.21 Å². The summed E-state index contributed by atoms with van der Waals surface area (Å²) in [6, 6.07) is 0. The Labute approximate surface area is 71.2 Å². The van der Waals surface area contributed by atoms with Crippen molar-refractivity contribution in [3.05, 3.63) is 17.3 Å². The van der Waals surface area contributed by atoms with E-state index in [4.69, 9.17) is 4.42 Å². The second kappa shape index (κ2) is 2.97. The van der Waals surface area contributed by atoms with Crippen molar-refractivity contribution in [3.8, 4) is 0 Å². The number of aryl methyl sites for hydroxylation is 2. The molecule has 4 nitrogen and oxygen atoms in total. The van der Waals surface area contributed by atoms with Crippen LogP contribution >= 0.6 is 0 Å². The Morgan fingerprint density at radius 1 is 1.42 bits per heavy atom. The lowest BCUT2D eigenvalue weighted by atomic mass is 10.4. The third-order valence-corrected chi connectivity index (χ3v) is 1.62. The molecule has 1 heterocycles. The number of oxazole rings is 1. The van der Waals surface area contributed by atoms with E-state index in [2.05, 4.69) is 4.98 Å². The number of aromatic nitrogens is 1. The summed E-state index contributed by atoms with van der Waals surface area (Å²) in [6.07, 6.45) is 0. The fraction of sp³-hybridized carbons (Fsp3) is 0.500. The highest BCUT2D eigenvalue weighted by molar-refractivity contribution is 5.89. The predicted octanol–water partition coefficient (Wildman–Crippen LogP) is 0.993. The van der Waals surface area contributed by atoms with Crippen molar-refractivity contribution in [2.75, 3.05) is 14.1 Å². The summed E-state index contributed by atoms with van der Waals surface area (Å²) in [7, 11) is 3.33. The molecule has 0 bridgehead atoms. The number of hydrogen-bond donors (Lipinski definition) is 0. The van der Waals surface area contributed by atoms with Gasteiger partial charge in [0.1, 0.15) is 5.76 Å². The van der Waals surface area contributed by atoms with Crippen molar-refractivity contribution in [1.29, 1.82) is 0 Å². The second-order valence-electron chi connectivity index (χ2n) is 2.86. The molecule has 0 unspecified atom stereocenters. The van der Waals surface area contributed by atoms with E-state index in [0.717, 1.165) is 5.69 Å². The normalized spacial score (nSPS) is 10.0. The molecule has 1 rings (SSSR count). The highest BCUT2D eigenvalue weighted by Crippen LogP contribution is 2.09. The van der Waals surface area contributed by atoms with Crippen molar-refractivity contribution in [3.63, 3.8) is 0 Å². The van der Waals surface area contributed by atoms with Gasteiger partial charge in [-0.2, -0.15) is 0 Å². The summed E-state index contributed by atoms with van der Waals surface area (Å²) < 4.78 is 5.14. The van der Waals surface area contributed by atoms with E-state index >= 15 is 0 Å². The van der Waals surface area contributed by atoms with Crippen molar-refractivity contribution >= 4 is 5.91 Å². The first-order chi connectivity index (χ1) is 5.52. The molecule has 1 amide bonds. The Balaban J connectivity index is 2.97. The van der Waals surface area contributed by atoms with E-state index in [0.29, 0.717) is 5.76 Å². The second-order valence-corrected chi connectivity index (χ2v) is 2.86. The van der Waals surface area contributed by atoms with Gasteiger partial charge in [-0.15, -0.1) is 0 Å². The fourth-order valence-corrected chi connectivity index (χ4v) is 0.755. The molecular weight excluding hydrogens is 156 g/mol. The van der Waals surface area contributed by atoms with Crippen LogP contribution in [0.15, 0.2) is 4.42 Å². The first kappa shape index (κ1) is 8.77. The minimum atomic E-state index is -0.203. The zero-order valence-electron chi connectivity index (χ0n) is 7.71. The molecule has 0 aromatic carbocycles. The molecule has 0 aliphatic carbocycles. The minimum Gasteiger partial charge on any atom is -0.438 e. The summed E-state index contributed by atoms with van der Waals surface area (Å²) in [5.74, 6) is 0.654. The van der Waals surface area contributed by atoms with E-state index in [-0.39, 0.29) is 11.8 Å². The van der Waals surface area contributed by atoms with Crippen LogP contribution in [0.2, 0.25) is 0 Å². The highest BCUT2D eigenvalue weighted by Gasteiger charge is 2.15. The van der Waals surface area contributed by atoms with E-state index in [1.165, 1.54) is 4.90 Å². The molecular formula is C8H12N2O2. The van der Waals surface area contributed by atoms with Gasteiger partial charge in [-0.05, 0) is 13.8 Å². The van der Waals surface area contributed by atoms with E-state index in [1.807, 2.05) is 6.92 Å². The Kier molecular flexibility index (Phi) is 2.17. The lowest BCUT2D eigenvalue weighted by Gasteiger charge is -2.05. The summed E-state index contributed by atoms with van der Waals surface area (Å²) in [4.78, 5) is 16.7. The minimum absolute atomic E-state index is 0.162. The molecule has 0 saturated carbocycles. The van der Waals surface area contributed by atoms with Gasteiger partial charge < -0.3 is 9.32 Å². The van der Waals surface area contributed by atoms with Gasteiger partial charge in [0.15, 0.2) is 0 Å². The maximum Gasteiger partial charge on any atom is 0.309 e. The maximum absolute atomic E-state index is 11.3.